The van der Waals surface area contributed by atoms with Crippen molar-refractivity contribution in [2.45, 2.75) is 36.3 Å². The number of hydrogen-bond acceptors (Lipinski definition) is 6. The van der Waals surface area contributed by atoms with Crippen molar-refractivity contribution in [2.24, 2.45) is 0 Å². The molecule has 0 saturated carbocycles. The van der Waals surface area contributed by atoms with E-state index in [1.807, 2.05) is 42.5 Å². The molecule has 188 valence electrons. The molecule has 4 aromatic rings. The van der Waals surface area contributed by atoms with E-state index in [-0.39, 0.29) is 10.9 Å². The smallest absolute Gasteiger partial charge is 0.241 e. The first-order chi connectivity index (χ1) is 17.4. The summed E-state index contributed by atoms with van der Waals surface area (Å²) >= 11 is 0. The lowest BCUT2D eigenvalue weighted by Gasteiger charge is -2.33. The Bertz CT molecular complexity index is 1440. The molecule has 0 amide bonds. The van der Waals surface area contributed by atoms with E-state index in [9.17, 15) is 13.5 Å². The summed E-state index contributed by atoms with van der Waals surface area (Å²) in [5.74, 6) is 0. The summed E-state index contributed by atoms with van der Waals surface area (Å²) in [6, 6.07) is 21.9. The second-order valence-electron chi connectivity index (χ2n) is 9.43. The van der Waals surface area contributed by atoms with Crippen molar-refractivity contribution in [1.29, 1.82) is 0 Å². The first-order valence-corrected chi connectivity index (χ1v) is 13.7. The van der Waals surface area contributed by atoms with E-state index >= 15 is 0 Å². The maximum absolute atomic E-state index is 13.3. The van der Waals surface area contributed by atoms with Gasteiger partial charge in [0.15, 0.2) is 0 Å². The lowest BCUT2D eigenvalue weighted by Crippen LogP contribution is -2.46. The Morgan fingerprint density at radius 3 is 2.58 bits per heavy atom. The Balaban J connectivity index is 1.18. The topological polar surface area (TPSA) is 109 Å². The SMILES string of the molecule is Nc1cccc(-c2ccccc2S(=O)(=O)NC2CCN(CC(O)Cc3coc4ccccc34)CC2)c1. The normalized spacial score (nSPS) is 16.4. The van der Waals surface area contributed by atoms with Gasteiger partial charge in [-0.2, -0.15) is 0 Å². The number of nitrogens with two attached hydrogens (primary N) is 1. The number of anilines is 1. The fraction of sp³-hybridized carbons (Fsp3) is 0.286. The molecule has 0 spiro atoms. The molecule has 2 heterocycles. The number of rotatable bonds is 8. The van der Waals surface area contributed by atoms with Crippen LogP contribution in [0.25, 0.3) is 22.1 Å². The van der Waals surface area contributed by atoms with Crippen LogP contribution in [0, 0.1) is 0 Å². The van der Waals surface area contributed by atoms with Gasteiger partial charge in [-0.25, -0.2) is 13.1 Å². The van der Waals surface area contributed by atoms with E-state index in [0.717, 1.165) is 22.1 Å². The number of aliphatic hydroxyl groups excluding tert-OH is 1. The zero-order valence-electron chi connectivity index (χ0n) is 20.0. The molecule has 1 fully saturated rings. The lowest BCUT2D eigenvalue weighted by molar-refractivity contribution is 0.0963. The van der Waals surface area contributed by atoms with Gasteiger partial charge in [-0.3, -0.25) is 0 Å². The minimum Gasteiger partial charge on any atom is -0.464 e. The van der Waals surface area contributed by atoms with Crippen molar-refractivity contribution in [3.05, 3.63) is 84.6 Å². The highest BCUT2D eigenvalue weighted by Crippen LogP contribution is 2.29. The van der Waals surface area contributed by atoms with Crippen LogP contribution in [0.1, 0.15) is 18.4 Å². The molecule has 5 rings (SSSR count). The molecular formula is C28H31N3O4S. The predicted octanol–water partition coefficient (Wildman–Crippen LogP) is 4.03. The van der Waals surface area contributed by atoms with Gasteiger partial charge in [-0.1, -0.05) is 48.5 Å². The molecule has 0 radical (unpaired) electrons. The average molecular weight is 506 g/mol. The van der Waals surface area contributed by atoms with Gasteiger partial charge >= 0.3 is 0 Å². The van der Waals surface area contributed by atoms with E-state index in [4.69, 9.17) is 10.2 Å². The molecule has 8 heteroatoms. The van der Waals surface area contributed by atoms with Gasteiger partial charge in [0.1, 0.15) is 5.58 Å². The molecule has 0 aliphatic carbocycles. The second kappa shape index (κ2) is 10.4. The van der Waals surface area contributed by atoms with Gasteiger partial charge in [-0.15, -0.1) is 0 Å². The highest BCUT2D eigenvalue weighted by Gasteiger charge is 2.27. The molecule has 0 bridgehead atoms. The van der Waals surface area contributed by atoms with Crippen LogP contribution >= 0.6 is 0 Å². The monoisotopic (exact) mass is 505 g/mol. The maximum atomic E-state index is 13.3. The van der Waals surface area contributed by atoms with E-state index in [2.05, 4.69) is 9.62 Å². The third kappa shape index (κ3) is 5.47. The van der Waals surface area contributed by atoms with E-state index < -0.39 is 16.1 Å². The van der Waals surface area contributed by atoms with E-state index in [1.165, 1.54) is 0 Å². The Morgan fingerprint density at radius 1 is 1.03 bits per heavy atom. The number of para-hydroxylation sites is 1. The quantitative estimate of drug-likeness (QED) is 0.312. The fourth-order valence-corrected chi connectivity index (χ4v) is 6.50. The summed E-state index contributed by atoms with van der Waals surface area (Å²) in [4.78, 5) is 2.44. The summed E-state index contributed by atoms with van der Waals surface area (Å²) in [5.41, 5.74) is 9.73. The maximum Gasteiger partial charge on any atom is 0.241 e. The third-order valence-corrected chi connectivity index (χ3v) is 8.35. The summed E-state index contributed by atoms with van der Waals surface area (Å²) in [6.07, 6.45) is 3.08. The van der Waals surface area contributed by atoms with Crippen molar-refractivity contribution in [3.63, 3.8) is 0 Å². The van der Waals surface area contributed by atoms with Crippen molar-refractivity contribution in [3.8, 4) is 11.1 Å². The minimum absolute atomic E-state index is 0.157. The van der Waals surface area contributed by atoms with Gasteiger partial charge in [0.2, 0.25) is 10.0 Å². The average Bonchev–Trinajstić information content (AvgIpc) is 3.28. The first kappa shape index (κ1) is 24.5. The zero-order valence-corrected chi connectivity index (χ0v) is 20.8. The van der Waals surface area contributed by atoms with Crippen molar-refractivity contribution in [2.75, 3.05) is 25.4 Å². The molecule has 1 unspecified atom stereocenters. The van der Waals surface area contributed by atoms with Crippen molar-refractivity contribution >= 4 is 26.7 Å². The molecule has 1 atom stereocenters. The van der Waals surface area contributed by atoms with Gasteiger partial charge in [0, 0.05) is 41.2 Å². The number of aliphatic hydroxyl groups is 1. The van der Waals surface area contributed by atoms with Crippen molar-refractivity contribution < 1.29 is 17.9 Å². The number of furan rings is 1. The highest BCUT2D eigenvalue weighted by atomic mass is 32.2. The van der Waals surface area contributed by atoms with Crippen LogP contribution in [0.2, 0.25) is 0 Å². The van der Waals surface area contributed by atoms with Gasteiger partial charge < -0.3 is 20.2 Å². The Labute approximate surface area is 211 Å². The Kier molecular flexibility index (Phi) is 7.11. The summed E-state index contributed by atoms with van der Waals surface area (Å²) in [6.45, 7) is 1.97. The minimum atomic E-state index is -3.72. The van der Waals surface area contributed by atoms with E-state index in [0.29, 0.717) is 50.1 Å². The van der Waals surface area contributed by atoms with Crippen LogP contribution in [0.3, 0.4) is 0 Å². The Hall–Kier alpha value is -3.17. The molecule has 7 nitrogen and oxygen atoms in total. The van der Waals surface area contributed by atoms with Gasteiger partial charge in [0.05, 0.1) is 17.3 Å². The number of benzene rings is 3. The largest absolute Gasteiger partial charge is 0.464 e. The fourth-order valence-electron chi connectivity index (χ4n) is 4.97. The molecule has 1 aliphatic heterocycles. The molecule has 1 saturated heterocycles. The second-order valence-corrected chi connectivity index (χ2v) is 11.1. The molecule has 1 aromatic heterocycles. The highest BCUT2D eigenvalue weighted by molar-refractivity contribution is 7.89. The number of nitrogens with one attached hydrogen (secondary N) is 1. The number of β-amino-alcohol motifs (C(OH)–C–C–N with tert-alkyl or cyclic N) is 1. The number of nitrogens with zero attached hydrogens (tertiary/aromatic N) is 1. The lowest BCUT2D eigenvalue weighted by atomic mass is 10.0. The van der Waals surface area contributed by atoms with Crippen LogP contribution in [-0.2, 0) is 16.4 Å². The van der Waals surface area contributed by atoms with E-state index in [1.54, 1.807) is 36.6 Å². The first-order valence-electron chi connectivity index (χ1n) is 12.2. The Morgan fingerprint density at radius 2 is 1.78 bits per heavy atom. The number of sulfonamides is 1. The molecule has 4 N–H and O–H groups in total. The molecule has 36 heavy (non-hydrogen) atoms. The number of nitrogen functional groups attached to an aromatic ring is 1. The van der Waals surface area contributed by atoms with Crippen LogP contribution in [0.4, 0.5) is 5.69 Å². The van der Waals surface area contributed by atoms with Crippen LogP contribution in [-0.4, -0.2) is 50.2 Å². The molecule has 1 aliphatic rings. The third-order valence-electron chi connectivity index (χ3n) is 6.77. The van der Waals surface area contributed by atoms with Gasteiger partial charge in [-0.05, 0) is 55.8 Å². The number of likely N-dealkylation sites (tertiary alicyclic amines) is 1. The summed E-state index contributed by atoms with van der Waals surface area (Å²) in [7, 11) is -3.72. The number of piperidine rings is 1. The summed E-state index contributed by atoms with van der Waals surface area (Å²) in [5, 5.41) is 11.7. The summed E-state index contributed by atoms with van der Waals surface area (Å²) < 4.78 is 35.1. The number of fused-ring (bicyclic) bond motifs is 1. The predicted molar refractivity (Wildman–Crippen MR) is 142 cm³/mol. The van der Waals surface area contributed by atoms with Crippen LogP contribution in [0.15, 0.2) is 88.4 Å². The van der Waals surface area contributed by atoms with Gasteiger partial charge in [0.25, 0.3) is 0 Å². The van der Waals surface area contributed by atoms with Crippen molar-refractivity contribution in [1.82, 2.24) is 9.62 Å². The van der Waals surface area contributed by atoms with Crippen LogP contribution < -0.4 is 10.5 Å². The zero-order chi connectivity index (χ0) is 25.1. The molecular weight excluding hydrogens is 474 g/mol. The number of hydrogen-bond donors (Lipinski definition) is 3. The molecule has 3 aromatic carbocycles. The standard InChI is InChI=1S/C28H31N3O4S/c29-22-7-5-6-20(16-22)26-9-2-4-11-28(26)36(33,34)30-23-12-14-31(15-13-23)18-24(32)17-21-19-35-27-10-3-1-8-25(21)27/h1-11,16,19,23-24,30,32H,12-15,17-18,29H2. The van der Waals surface area contributed by atoms with Crippen LogP contribution in [0.5, 0.6) is 0 Å².